The van der Waals surface area contributed by atoms with E-state index >= 15 is 0 Å². The third-order valence-electron chi connectivity index (χ3n) is 3.20. The molecule has 86 valence electrons. The molecule has 0 aromatic heterocycles. The fourth-order valence-electron chi connectivity index (χ4n) is 2.25. The second-order valence-electron chi connectivity index (χ2n) is 4.39. The van der Waals surface area contributed by atoms with Crippen LogP contribution in [0.1, 0.15) is 39.0 Å². The minimum absolute atomic E-state index is 0.182. The maximum Gasteiger partial charge on any atom is 0.243 e. The number of aliphatic hydroxyl groups excluding tert-OH is 1. The first-order chi connectivity index (χ1) is 7.15. The van der Waals surface area contributed by atoms with Crippen molar-refractivity contribution in [2.75, 3.05) is 0 Å². The topological polar surface area (TPSA) is 49.3 Å². The van der Waals surface area contributed by atoms with Crippen LogP contribution in [0.15, 0.2) is 12.7 Å². The van der Waals surface area contributed by atoms with E-state index in [0.29, 0.717) is 5.92 Å². The summed E-state index contributed by atoms with van der Waals surface area (Å²) in [6.07, 6.45) is 6.65. The van der Waals surface area contributed by atoms with Gasteiger partial charge in [-0.3, -0.25) is 4.79 Å². The maximum absolute atomic E-state index is 11.1. The molecule has 1 fully saturated rings. The Kier molecular flexibility index (Phi) is 4.82. The molecule has 1 saturated carbocycles. The highest BCUT2D eigenvalue weighted by Crippen LogP contribution is 2.27. The molecule has 1 amide bonds. The standard InChI is InChI=1S/C12H21NO2/c1-3-11(14)13-9(2)12(15)10-7-5-4-6-8-10/h3,9-10,12,15H,1,4-8H2,2H3,(H,13,14). The lowest BCUT2D eigenvalue weighted by Gasteiger charge is -2.30. The van der Waals surface area contributed by atoms with Crippen LogP contribution in [0.2, 0.25) is 0 Å². The Hall–Kier alpha value is -0.830. The Morgan fingerprint density at radius 1 is 1.47 bits per heavy atom. The van der Waals surface area contributed by atoms with Gasteiger partial charge in [0.2, 0.25) is 5.91 Å². The summed E-state index contributed by atoms with van der Waals surface area (Å²) < 4.78 is 0. The molecule has 15 heavy (non-hydrogen) atoms. The smallest absolute Gasteiger partial charge is 0.243 e. The summed E-state index contributed by atoms with van der Waals surface area (Å²) in [4.78, 5) is 11.1. The van der Waals surface area contributed by atoms with Crippen LogP contribution >= 0.6 is 0 Å². The summed E-state index contributed by atoms with van der Waals surface area (Å²) in [5, 5.41) is 12.8. The number of amides is 1. The van der Waals surface area contributed by atoms with Crippen molar-refractivity contribution in [1.29, 1.82) is 0 Å². The van der Waals surface area contributed by atoms with Crippen LogP contribution in [-0.2, 0) is 4.79 Å². The first-order valence-electron chi connectivity index (χ1n) is 5.76. The van der Waals surface area contributed by atoms with Crippen molar-refractivity contribution in [1.82, 2.24) is 5.32 Å². The van der Waals surface area contributed by atoms with Gasteiger partial charge in [0.25, 0.3) is 0 Å². The van der Waals surface area contributed by atoms with Crippen LogP contribution < -0.4 is 5.32 Å². The normalized spacial score (nSPS) is 21.7. The summed E-state index contributed by atoms with van der Waals surface area (Å²) in [7, 11) is 0. The van der Waals surface area contributed by atoms with Crippen LogP contribution in [0.4, 0.5) is 0 Å². The fraction of sp³-hybridized carbons (Fsp3) is 0.750. The van der Waals surface area contributed by atoms with E-state index in [0.717, 1.165) is 12.8 Å². The van der Waals surface area contributed by atoms with Crippen LogP contribution in [0.3, 0.4) is 0 Å². The van der Waals surface area contributed by atoms with Crippen LogP contribution in [0, 0.1) is 5.92 Å². The molecule has 0 bridgehead atoms. The molecule has 0 spiro atoms. The summed E-state index contributed by atoms with van der Waals surface area (Å²) >= 11 is 0. The fourth-order valence-corrected chi connectivity index (χ4v) is 2.25. The molecule has 1 aliphatic carbocycles. The number of hydrogen-bond donors (Lipinski definition) is 2. The summed E-state index contributed by atoms with van der Waals surface area (Å²) in [6.45, 7) is 5.24. The van der Waals surface area contributed by atoms with Crippen molar-refractivity contribution >= 4 is 5.91 Å². The Morgan fingerprint density at radius 3 is 2.60 bits per heavy atom. The summed E-state index contributed by atoms with van der Waals surface area (Å²) in [5.74, 6) is 0.135. The lowest BCUT2D eigenvalue weighted by atomic mass is 9.83. The summed E-state index contributed by atoms with van der Waals surface area (Å²) in [5.41, 5.74) is 0. The van der Waals surface area contributed by atoms with Gasteiger partial charge in [-0.15, -0.1) is 0 Å². The molecule has 0 aromatic rings. The molecular weight excluding hydrogens is 190 g/mol. The molecule has 1 rings (SSSR count). The lowest BCUT2D eigenvalue weighted by molar-refractivity contribution is -0.118. The SMILES string of the molecule is C=CC(=O)NC(C)C(O)C1CCCCC1. The molecule has 1 aliphatic rings. The van der Waals surface area contributed by atoms with E-state index in [4.69, 9.17) is 0 Å². The van der Waals surface area contributed by atoms with E-state index in [1.54, 1.807) is 0 Å². The van der Waals surface area contributed by atoms with Crippen molar-refractivity contribution in [3.05, 3.63) is 12.7 Å². The highest BCUT2D eigenvalue weighted by molar-refractivity contribution is 5.87. The molecule has 3 heteroatoms. The van der Waals surface area contributed by atoms with Gasteiger partial charge in [-0.25, -0.2) is 0 Å². The van der Waals surface area contributed by atoms with Gasteiger partial charge in [0.1, 0.15) is 0 Å². The van der Waals surface area contributed by atoms with Crippen LogP contribution in [-0.4, -0.2) is 23.2 Å². The van der Waals surface area contributed by atoms with E-state index in [1.165, 1.54) is 25.3 Å². The van der Waals surface area contributed by atoms with Crippen molar-refractivity contribution in [3.8, 4) is 0 Å². The Morgan fingerprint density at radius 2 is 2.07 bits per heavy atom. The number of carbonyl (C=O) groups excluding carboxylic acids is 1. The van der Waals surface area contributed by atoms with E-state index in [9.17, 15) is 9.90 Å². The maximum atomic E-state index is 11.1. The van der Waals surface area contributed by atoms with Crippen molar-refractivity contribution in [2.45, 2.75) is 51.2 Å². The van der Waals surface area contributed by atoms with E-state index in [2.05, 4.69) is 11.9 Å². The van der Waals surface area contributed by atoms with Gasteiger partial charge in [0, 0.05) is 0 Å². The molecule has 0 heterocycles. The number of rotatable bonds is 4. The van der Waals surface area contributed by atoms with Crippen molar-refractivity contribution in [2.24, 2.45) is 5.92 Å². The van der Waals surface area contributed by atoms with E-state index in [-0.39, 0.29) is 11.9 Å². The van der Waals surface area contributed by atoms with Gasteiger partial charge in [0.15, 0.2) is 0 Å². The Labute approximate surface area is 91.6 Å². The molecule has 0 aromatic carbocycles. The first-order valence-corrected chi connectivity index (χ1v) is 5.76. The van der Waals surface area contributed by atoms with Gasteiger partial charge in [-0.2, -0.15) is 0 Å². The predicted molar refractivity (Wildman–Crippen MR) is 60.4 cm³/mol. The largest absolute Gasteiger partial charge is 0.391 e. The molecule has 0 radical (unpaired) electrons. The van der Waals surface area contributed by atoms with E-state index in [1.807, 2.05) is 6.92 Å². The average molecular weight is 211 g/mol. The number of hydrogen-bond acceptors (Lipinski definition) is 2. The Balaban J connectivity index is 2.39. The highest BCUT2D eigenvalue weighted by Gasteiger charge is 2.26. The third-order valence-corrected chi connectivity index (χ3v) is 3.20. The zero-order valence-electron chi connectivity index (χ0n) is 9.41. The van der Waals surface area contributed by atoms with Gasteiger partial charge < -0.3 is 10.4 Å². The lowest BCUT2D eigenvalue weighted by Crippen LogP contribution is -2.44. The van der Waals surface area contributed by atoms with Crippen molar-refractivity contribution < 1.29 is 9.90 Å². The zero-order chi connectivity index (χ0) is 11.3. The Bertz CT molecular complexity index is 222. The number of carbonyl (C=O) groups is 1. The summed E-state index contributed by atoms with van der Waals surface area (Å²) in [6, 6.07) is -0.182. The van der Waals surface area contributed by atoms with Crippen LogP contribution in [0.5, 0.6) is 0 Å². The van der Waals surface area contributed by atoms with E-state index < -0.39 is 6.10 Å². The molecule has 2 N–H and O–H groups in total. The van der Waals surface area contributed by atoms with Gasteiger partial charge >= 0.3 is 0 Å². The average Bonchev–Trinajstić information content (AvgIpc) is 2.29. The van der Waals surface area contributed by atoms with Gasteiger partial charge in [-0.05, 0) is 31.8 Å². The molecular formula is C12H21NO2. The number of aliphatic hydroxyl groups is 1. The zero-order valence-corrected chi connectivity index (χ0v) is 9.41. The minimum Gasteiger partial charge on any atom is -0.391 e. The molecule has 0 aliphatic heterocycles. The van der Waals surface area contributed by atoms with Crippen molar-refractivity contribution in [3.63, 3.8) is 0 Å². The highest BCUT2D eigenvalue weighted by atomic mass is 16.3. The van der Waals surface area contributed by atoms with Gasteiger partial charge in [0.05, 0.1) is 12.1 Å². The molecule has 2 unspecified atom stereocenters. The second-order valence-corrected chi connectivity index (χ2v) is 4.39. The first kappa shape index (κ1) is 12.2. The number of nitrogens with one attached hydrogen (secondary N) is 1. The molecule has 0 saturated heterocycles. The second kappa shape index (κ2) is 5.91. The monoisotopic (exact) mass is 211 g/mol. The predicted octanol–water partition coefficient (Wildman–Crippen LogP) is 1.62. The third kappa shape index (κ3) is 3.67. The molecule has 2 atom stereocenters. The van der Waals surface area contributed by atoms with Crippen LogP contribution in [0.25, 0.3) is 0 Å². The van der Waals surface area contributed by atoms with Gasteiger partial charge in [-0.1, -0.05) is 25.8 Å². The minimum atomic E-state index is -0.422. The molecule has 3 nitrogen and oxygen atoms in total. The quantitative estimate of drug-likeness (QED) is 0.694.